The fourth-order valence-corrected chi connectivity index (χ4v) is 3.40. The molecule has 0 aliphatic carbocycles. The summed E-state index contributed by atoms with van der Waals surface area (Å²) >= 11 is 7.08. The summed E-state index contributed by atoms with van der Waals surface area (Å²) in [5.41, 5.74) is 2.27. The summed E-state index contributed by atoms with van der Waals surface area (Å²) in [6.45, 7) is 1.98. The number of H-pyrrole nitrogens is 1. The van der Waals surface area contributed by atoms with E-state index in [1.165, 1.54) is 16.3 Å². The molecule has 0 fully saturated rings. The van der Waals surface area contributed by atoms with Crippen molar-refractivity contribution < 1.29 is 4.79 Å². The third-order valence-corrected chi connectivity index (χ3v) is 5.21. The fraction of sp³-hybridized carbons (Fsp3) is 0.105. The summed E-state index contributed by atoms with van der Waals surface area (Å²) in [6.07, 6.45) is 0. The van der Waals surface area contributed by atoms with Gasteiger partial charge in [0.05, 0.1) is 5.75 Å². The molecule has 0 unspecified atom stereocenters. The van der Waals surface area contributed by atoms with Gasteiger partial charge in [-0.3, -0.25) is 14.6 Å². The minimum atomic E-state index is -0.388. The van der Waals surface area contributed by atoms with Crippen molar-refractivity contribution in [1.82, 2.24) is 24.8 Å². The molecule has 0 atom stereocenters. The zero-order chi connectivity index (χ0) is 20.4. The quantitative estimate of drug-likeness (QED) is 0.475. The predicted octanol–water partition coefficient (Wildman–Crippen LogP) is 3.17. The van der Waals surface area contributed by atoms with Gasteiger partial charge < -0.3 is 5.32 Å². The smallest absolute Gasteiger partial charge is 0.279 e. The van der Waals surface area contributed by atoms with Crippen LogP contribution in [0.25, 0.3) is 17.0 Å². The SMILES string of the molecule is Cc1ccc(NC(=O)CSc2nnc3[nH]c(=O)c(-c4ccc(Cl)cc4)nn23)cc1. The van der Waals surface area contributed by atoms with E-state index in [0.29, 0.717) is 15.7 Å². The molecule has 2 heterocycles. The molecule has 29 heavy (non-hydrogen) atoms. The second-order valence-corrected chi connectivity index (χ2v) is 7.61. The summed E-state index contributed by atoms with van der Waals surface area (Å²) in [5.74, 6) is 0.137. The molecule has 2 aromatic heterocycles. The lowest BCUT2D eigenvalue weighted by atomic mass is 10.2. The monoisotopic (exact) mass is 426 g/mol. The van der Waals surface area contributed by atoms with Crippen LogP contribution in [0.1, 0.15) is 5.56 Å². The molecule has 10 heteroatoms. The maximum absolute atomic E-state index is 12.3. The van der Waals surface area contributed by atoms with Crippen LogP contribution in [0.15, 0.2) is 58.5 Å². The molecule has 2 N–H and O–H groups in total. The van der Waals surface area contributed by atoms with Crippen LogP contribution in [0.2, 0.25) is 5.02 Å². The van der Waals surface area contributed by atoms with E-state index in [0.717, 1.165) is 11.3 Å². The number of aromatic nitrogens is 5. The van der Waals surface area contributed by atoms with Crippen molar-refractivity contribution >= 4 is 40.7 Å². The Morgan fingerprint density at radius 2 is 1.86 bits per heavy atom. The van der Waals surface area contributed by atoms with Gasteiger partial charge in [0.2, 0.25) is 11.1 Å². The number of rotatable bonds is 5. The zero-order valence-corrected chi connectivity index (χ0v) is 16.8. The van der Waals surface area contributed by atoms with Gasteiger partial charge in [0.25, 0.3) is 11.3 Å². The molecule has 0 saturated carbocycles. The number of halogens is 1. The van der Waals surface area contributed by atoms with Crippen molar-refractivity contribution in [3.05, 3.63) is 69.5 Å². The number of nitrogens with one attached hydrogen (secondary N) is 2. The lowest BCUT2D eigenvalue weighted by Gasteiger charge is -2.05. The maximum Gasteiger partial charge on any atom is 0.279 e. The summed E-state index contributed by atoms with van der Waals surface area (Å²) < 4.78 is 1.41. The highest BCUT2D eigenvalue weighted by Gasteiger charge is 2.14. The van der Waals surface area contributed by atoms with Crippen LogP contribution >= 0.6 is 23.4 Å². The Labute approximate surface area is 174 Å². The van der Waals surface area contributed by atoms with Gasteiger partial charge in [-0.2, -0.15) is 9.61 Å². The van der Waals surface area contributed by atoms with Crippen LogP contribution < -0.4 is 10.9 Å². The van der Waals surface area contributed by atoms with Crippen LogP contribution in [-0.4, -0.2) is 36.5 Å². The van der Waals surface area contributed by atoms with Crippen LogP contribution in [0.4, 0.5) is 5.69 Å². The lowest BCUT2D eigenvalue weighted by Crippen LogP contribution is -2.16. The highest BCUT2D eigenvalue weighted by molar-refractivity contribution is 7.99. The van der Waals surface area contributed by atoms with Gasteiger partial charge in [0.1, 0.15) is 0 Å². The number of aromatic amines is 1. The largest absolute Gasteiger partial charge is 0.325 e. The van der Waals surface area contributed by atoms with Crippen LogP contribution in [0.5, 0.6) is 0 Å². The predicted molar refractivity (Wildman–Crippen MR) is 112 cm³/mol. The molecule has 1 amide bonds. The summed E-state index contributed by atoms with van der Waals surface area (Å²) in [7, 11) is 0. The van der Waals surface area contributed by atoms with Gasteiger partial charge in [-0.25, -0.2) is 0 Å². The van der Waals surface area contributed by atoms with Gasteiger partial charge in [-0.1, -0.05) is 53.2 Å². The number of benzene rings is 2. The number of nitrogens with zero attached hydrogens (tertiary/aromatic N) is 4. The Kier molecular flexibility index (Phi) is 5.32. The average Bonchev–Trinajstić information content (AvgIpc) is 3.10. The number of carbonyl (C=O) groups excluding carboxylic acids is 1. The first-order valence-electron chi connectivity index (χ1n) is 8.60. The first kappa shape index (κ1) is 19.2. The molecule has 146 valence electrons. The minimum Gasteiger partial charge on any atom is -0.325 e. The van der Waals surface area contributed by atoms with Gasteiger partial charge in [0.15, 0.2) is 5.69 Å². The maximum atomic E-state index is 12.3. The number of fused-ring (bicyclic) bond motifs is 1. The molecular formula is C19H15ClN6O2S. The Hall–Kier alpha value is -3.17. The van der Waals surface area contributed by atoms with Crippen molar-refractivity contribution in [3.8, 4) is 11.3 Å². The third kappa shape index (κ3) is 4.30. The second-order valence-electron chi connectivity index (χ2n) is 6.23. The molecule has 0 saturated heterocycles. The Bertz CT molecular complexity index is 1230. The normalized spacial score (nSPS) is 11.0. The van der Waals surface area contributed by atoms with Crippen molar-refractivity contribution in [2.24, 2.45) is 0 Å². The van der Waals surface area contributed by atoms with Crippen molar-refractivity contribution in [1.29, 1.82) is 0 Å². The topological polar surface area (TPSA) is 105 Å². The van der Waals surface area contributed by atoms with E-state index >= 15 is 0 Å². The number of hydrogen-bond acceptors (Lipinski definition) is 6. The molecule has 0 aliphatic rings. The number of thioether (sulfide) groups is 1. The molecule has 4 aromatic rings. The van der Waals surface area contributed by atoms with E-state index in [4.69, 9.17) is 11.6 Å². The number of amides is 1. The molecule has 4 rings (SSSR count). The number of aryl methyl sites for hydroxylation is 1. The standard InChI is InChI=1S/C19H15ClN6O2S/c1-11-2-8-14(9-3-11)21-15(27)10-29-19-24-23-18-22-17(28)16(25-26(18)19)12-4-6-13(20)7-5-12/h2-9H,10H2,1H3,(H,21,27)(H,22,23,28). The van der Waals surface area contributed by atoms with E-state index in [-0.39, 0.29) is 28.7 Å². The number of anilines is 1. The van der Waals surface area contributed by atoms with Crippen LogP contribution in [0.3, 0.4) is 0 Å². The number of hydrogen-bond donors (Lipinski definition) is 2. The fourth-order valence-electron chi connectivity index (χ4n) is 2.59. The summed E-state index contributed by atoms with van der Waals surface area (Å²) in [5, 5.41) is 16.1. The Morgan fingerprint density at radius 1 is 1.14 bits per heavy atom. The number of carbonyl (C=O) groups is 1. The molecule has 0 bridgehead atoms. The summed E-state index contributed by atoms with van der Waals surface area (Å²) in [4.78, 5) is 27.2. The van der Waals surface area contributed by atoms with E-state index in [1.54, 1.807) is 24.3 Å². The molecular weight excluding hydrogens is 412 g/mol. The molecule has 2 aromatic carbocycles. The first-order chi connectivity index (χ1) is 14.0. The second kappa shape index (κ2) is 8.06. The van der Waals surface area contributed by atoms with E-state index in [9.17, 15) is 9.59 Å². The lowest BCUT2D eigenvalue weighted by molar-refractivity contribution is -0.113. The molecule has 8 nitrogen and oxygen atoms in total. The van der Waals surface area contributed by atoms with Gasteiger partial charge in [-0.15, -0.1) is 10.2 Å². The molecule has 0 spiro atoms. The molecule has 0 radical (unpaired) electrons. The van der Waals surface area contributed by atoms with Crippen molar-refractivity contribution in [2.45, 2.75) is 12.1 Å². The average molecular weight is 427 g/mol. The minimum absolute atomic E-state index is 0.117. The third-order valence-electron chi connectivity index (χ3n) is 4.04. The Balaban J connectivity index is 1.54. The van der Waals surface area contributed by atoms with Crippen molar-refractivity contribution in [2.75, 3.05) is 11.1 Å². The van der Waals surface area contributed by atoms with Crippen molar-refractivity contribution in [3.63, 3.8) is 0 Å². The van der Waals surface area contributed by atoms with E-state index in [2.05, 4.69) is 25.6 Å². The van der Waals surface area contributed by atoms with E-state index in [1.807, 2.05) is 31.2 Å². The first-order valence-corrected chi connectivity index (χ1v) is 9.97. The van der Waals surface area contributed by atoms with Crippen LogP contribution in [-0.2, 0) is 4.79 Å². The highest BCUT2D eigenvalue weighted by atomic mass is 35.5. The van der Waals surface area contributed by atoms with E-state index < -0.39 is 0 Å². The van der Waals surface area contributed by atoms with Gasteiger partial charge in [0, 0.05) is 16.3 Å². The van der Waals surface area contributed by atoms with Crippen LogP contribution in [0, 0.1) is 6.92 Å². The summed E-state index contributed by atoms with van der Waals surface area (Å²) in [6, 6.07) is 14.3. The highest BCUT2D eigenvalue weighted by Crippen LogP contribution is 2.19. The van der Waals surface area contributed by atoms with Gasteiger partial charge >= 0.3 is 0 Å². The molecule has 0 aliphatic heterocycles. The zero-order valence-electron chi connectivity index (χ0n) is 15.2. The Morgan fingerprint density at radius 3 is 2.59 bits per heavy atom. The van der Waals surface area contributed by atoms with Gasteiger partial charge in [-0.05, 0) is 31.2 Å².